The summed E-state index contributed by atoms with van der Waals surface area (Å²) in [7, 11) is -1.06. The average Bonchev–Trinajstić information content (AvgIpc) is 2.96. The highest BCUT2D eigenvalue weighted by atomic mass is 32.2. The van der Waals surface area contributed by atoms with Gasteiger partial charge in [0.15, 0.2) is 11.5 Å². The number of carbonyl (C=O) groups is 2. The molecule has 2 heterocycles. The van der Waals surface area contributed by atoms with E-state index in [1.54, 1.807) is 44.4 Å². The first-order valence-electron chi connectivity index (χ1n) is 12.1. The summed E-state index contributed by atoms with van der Waals surface area (Å²) in [5.74, 6) is -1.40. The van der Waals surface area contributed by atoms with Crippen molar-refractivity contribution in [3.8, 4) is 5.75 Å². The Morgan fingerprint density at radius 2 is 1.65 bits per heavy atom. The number of nitrogens with zero attached hydrogens (tertiary/aromatic N) is 2. The quantitative estimate of drug-likeness (QED) is 0.320. The molecule has 0 spiro atoms. The molecule has 10 nitrogen and oxygen atoms in total. The Hall–Kier alpha value is -4.90. The van der Waals surface area contributed by atoms with Crippen LogP contribution in [-0.2, 0) is 19.6 Å². The Morgan fingerprint density at radius 3 is 2.33 bits per heavy atom. The molecular formula is C29H27N3O7S. The number of hydrogen-bond acceptors (Lipinski definition) is 7. The summed E-state index contributed by atoms with van der Waals surface area (Å²) in [6.07, 6.45) is 1.49. The standard InChI is InChI=1S/C15H13N3O4S.C14H14O3/c1-18-13(15(20)17-12-8-4-5-9-16-12)14(19)10-6-2-3-7-11(10)23(18,21)22;1-9(14(15)16)10-3-4-12-8-13(17-2)6-5-11(12)7-10/h2-9,19H,1H3,(H,16,17,20);3-9H,1-2H3,(H,15,16)/t;9-/m.0/s1. The molecule has 4 aromatic rings. The van der Waals surface area contributed by atoms with E-state index in [2.05, 4.69) is 10.3 Å². The van der Waals surface area contributed by atoms with E-state index in [0.717, 1.165) is 26.4 Å². The second-order valence-corrected chi connectivity index (χ2v) is 10.8. The van der Waals surface area contributed by atoms with Gasteiger partial charge in [0, 0.05) is 18.8 Å². The Kier molecular flexibility index (Phi) is 8.05. The van der Waals surface area contributed by atoms with Gasteiger partial charge in [-0.15, -0.1) is 0 Å². The Balaban J connectivity index is 0.000000194. The number of rotatable bonds is 5. The molecule has 0 aliphatic carbocycles. The molecule has 3 N–H and O–H groups in total. The predicted octanol–water partition coefficient (Wildman–Crippen LogP) is 4.62. The van der Waals surface area contributed by atoms with Crippen LogP contribution in [0.5, 0.6) is 5.75 Å². The number of aliphatic hydroxyl groups is 1. The average molecular weight is 562 g/mol. The molecule has 0 bridgehead atoms. The summed E-state index contributed by atoms with van der Waals surface area (Å²) in [5.41, 5.74) is 0.557. The number of aliphatic hydroxyl groups excluding tert-OH is 1. The smallest absolute Gasteiger partial charge is 0.310 e. The van der Waals surface area contributed by atoms with E-state index in [1.807, 2.05) is 36.4 Å². The molecule has 206 valence electrons. The van der Waals surface area contributed by atoms with Gasteiger partial charge in [-0.25, -0.2) is 13.4 Å². The number of amides is 1. The molecule has 40 heavy (non-hydrogen) atoms. The molecule has 0 saturated carbocycles. The Morgan fingerprint density at radius 1 is 0.975 bits per heavy atom. The Labute approximate surface area is 231 Å². The van der Waals surface area contributed by atoms with Crippen molar-refractivity contribution in [3.63, 3.8) is 0 Å². The largest absolute Gasteiger partial charge is 0.505 e. The zero-order chi connectivity index (χ0) is 29.0. The van der Waals surface area contributed by atoms with Crippen molar-refractivity contribution in [1.29, 1.82) is 0 Å². The highest BCUT2D eigenvalue weighted by Gasteiger charge is 2.37. The van der Waals surface area contributed by atoms with E-state index in [9.17, 15) is 23.1 Å². The van der Waals surface area contributed by atoms with E-state index in [1.165, 1.54) is 25.4 Å². The number of anilines is 1. The molecule has 1 aromatic heterocycles. The van der Waals surface area contributed by atoms with E-state index in [4.69, 9.17) is 9.84 Å². The third-order valence-corrected chi connectivity index (χ3v) is 8.20. The molecule has 0 unspecified atom stereocenters. The van der Waals surface area contributed by atoms with Crippen molar-refractivity contribution < 1.29 is 33.0 Å². The van der Waals surface area contributed by atoms with Crippen LogP contribution in [0.3, 0.4) is 0 Å². The van der Waals surface area contributed by atoms with Gasteiger partial charge in [-0.2, -0.15) is 0 Å². The first-order chi connectivity index (χ1) is 19.0. The maximum Gasteiger partial charge on any atom is 0.310 e. The molecule has 0 radical (unpaired) electrons. The lowest BCUT2D eigenvalue weighted by Crippen LogP contribution is -2.37. The van der Waals surface area contributed by atoms with Crippen LogP contribution < -0.4 is 10.1 Å². The lowest BCUT2D eigenvalue weighted by molar-refractivity contribution is -0.138. The second kappa shape index (κ2) is 11.5. The van der Waals surface area contributed by atoms with Gasteiger partial charge in [-0.1, -0.05) is 42.5 Å². The highest BCUT2D eigenvalue weighted by Crippen LogP contribution is 2.34. The number of nitrogens with one attached hydrogen (secondary N) is 1. The predicted molar refractivity (Wildman–Crippen MR) is 150 cm³/mol. The minimum Gasteiger partial charge on any atom is -0.505 e. The van der Waals surface area contributed by atoms with Gasteiger partial charge >= 0.3 is 5.97 Å². The second-order valence-electron chi connectivity index (χ2n) is 8.87. The molecule has 1 aliphatic rings. The zero-order valence-electron chi connectivity index (χ0n) is 21.9. The van der Waals surface area contributed by atoms with Crippen LogP contribution in [0.15, 0.2) is 95.7 Å². The molecule has 1 aliphatic heterocycles. The van der Waals surface area contributed by atoms with Crippen LogP contribution in [0.2, 0.25) is 0 Å². The van der Waals surface area contributed by atoms with Gasteiger partial charge in [0.25, 0.3) is 15.9 Å². The number of carboxylic acids is 1. The number of hydrogen-bond donors (Lipinski definition) is 3. The first-order valence-corrected chi connectivity index (χ1v) is 13.5. The van der Waals surface area contributed by atoms with Crippen molar-refractivity contribution in [1.82, 2.24) is 9.29 Å². The fourth-order valence-corrected chi connectivity index (χ4v) is 5.47. The first kappa shape index (κ1) is 28.1. The fourth-order valence-electron chi connectivity index (χ4n) is 4.08. The van der Waals surface area contributed by atoms with Crippen LogP contribution in [0.25, 0.3) is 16.5 Å². The number of carbonyl (C=O) groups excluding carboxylic acids is 1. The maximum atomic E-state index is 12.5. The number of methoxy groups -OCH3 is 1. The van der Waals surface area contributed by atoms with E-state index in [-0.39, 0.29) is 22.0 Å². The summed E-state index contributed by atoms with van der Waals surface area (Å²) in [6.45, 7) is 1.69. The summed E-state index contributed by atoms with van der Waals surface area (Å²) in [5, 5.41) is 23.9. The van der Waals surface area contributed by atoms with Gasteiger partial charge in [0.05, 0.1) is 17.9 Å². The molecular weight excluding hydrogens is 534 g/mol. The normalized spacial score (nSPS) is 14.4. The summed E-state index contributed by atoms with van der Waals surface area (Å²) < 4.78 is 30.9. The third-order valence-electron chi connectivity index (χ3n) is 6.38. The zero-order valence-corrected chi connectivity index (χ0v) is 22.7. The molecule has 5 rings (SSSR count). The van der Waals surface area contributed by atoms with Gasteiger partial charge in [0.2, 0.25) is 0 Å². The minimum atomic E-state index is -3.91. The summed E-state index contributed by atoms with van der Waals surface area (Å²) in [6, 6.07) is 22.3. The lowest BCUT2D eigenvalue weighted by atomic mass is 9.98. The van der Waals surface area contributed by atoms with Crippen LogP contribution in [0.1, 0.15) is 24.0 Å². The van der Waals surface area contributed by atoms with Crippen LogP contribution in [0.4, 0.5) is 5.82 Å². The molecule has 11 heteroatoms. The lowest BCUT2D eigenvalue weighted by Gasteiger charge is -2.28. The van der Waals surface area contributed by atoms with Gasteiger partial charge < -0.3 is 20.3 Å². The van der Waals surface area contributed by atoms with Crippen LogP contribution in [0, 0.1) is 0 Å². The molecule has 0 fully saturated rings. The molecule has 1 amide bonds. The highest BCUT2D eigenvalue weighted by molar-refractivity contribution is 7.89. The molecule has 1 atom stereocenters. The number of pyridine rings is 1. The molecule has 0 saturated heterocycles. The van der Waals surface area contributed by atoms with Crippen molar-refractivity contribution >= 4 is 44.2 Å². The number of benzene rings is 3. The number of ether oxygens (including phenoxy) is 1. The van der Waals surface area contributed by atoms with Crippen LogP contribution >= 0.6 is 0 Å². The van der Waals surface area contributed by atoms with Crippen molar-refractivity contribution in [2.45, 2.75) is 17.7 Å². The number of likely N-dealkylation sites (N-methyl/N-ethyl adjacent to an activating group) is 1. The van der Waals surface area contributed by atoms with E-state index >= 15 is 0 Å². The number of aliphatic carboxylic acids is 1. The van der Waals surface area contributed by atoms with Crippen molar-refractivity contribution in [3.05, 3.63) is 102 Å². The monoisotopic (exact) mass is 561 g/mol. The summed E-state index contributed by atoms with van der Waals surface area (Å²) in [4.78, 5) is 27.2. The van der Waals surface area contributed by atoms with Gasteiger partial charge in [-0.3, -0.25) is 13.9 Å². The van der Waals surface area contributed by atoms with Crippen molar-refractivity contribution in [2.75, 3.05) is 19.5 Å². The third kappa shape index (κ3) is 5.59. The SMILES string of the molecule is CN1C(C(=O)Nc2ccccn2)=C(O)c2ccccc2S1(=O)=O.COc1ccc2cc([C@H](C)C(=O)O)ccc2c1. The summed E-state index contributed by atoms with van der Waals surface area (Å²) >= 11 is 0. The number of fused-ring (bicyclic) bond motifs is 2. The maximum absolute atomic E-state index is 12.5. The van der Waals surface area contributed by atoms with Crippen molar-refractivity contribution in [2.24, 2.45) is 0 Å². The number of sulfonamides is 1. The van der Waals surface area contributed by atoms with E-state index < -0.39 is 33.6 Å². The Bertz CT molecular complexity index is 1720. The number of aromatic nitrogens is 1. The minimum absolute atomic E-state index is 0.0469. The van der Waals surface area contributed by atoms with E-state index in [0.29, 0.717) is 0 Å². The number of carboxylic acid groups (broad SMARTS) is 1. The molecule has 3 aromatic carbocycles. The van der Waals surface area contributed by atoms with Gasteiger partial charge in [0.1, 0.15) is 11.6 Å². The fraction of sp³-hybridized carbons (Fsp3) is 0.138. The van der Waals surface area contributed by atoms with Crippen LogP contribution in [-0.4, -0.2) is 54.0 Å². The van der Waals surface area contributed by atoms with Gasteiger partial charge in [-0.05, 0) is 59.7 Å². The topological polar surface area (TPSA) is 146 Å².